The minimum absolute atomic E-state index is 0.0769. The van der Waals surface area contributed by atoms with E-state index in [4.69, 9.17) is 9.47 Å². The Balaban J connectivity index is 2.52. The van der Waals surface area contributed by atoms with Crippen LogP contribution in [0, 0.1) is 17.3 Å². The van der Waals surface area contributed by atoms with Gasteiger partial charge in [-0.2, -0.15) is 0 Å². The Bertz CT molecular complexity index is 455. The van der Waals surface area contributed by atoms with E-state index in [1.165, 1.54) is 0 Å². The average Bonchev–Trinajstić information content (AvgIpc) is 2.33. The summed E-state index contributed by atoms with van der Waals surface area (Å²) in [6.45, 7) is 6.13. The molecule has 0 bridgehead atoms. The summed E-state index contributed by atoms with van der Waals surface area (Å²) in [5, 5.41) is 0. The maximum Gasteiger partial charge on any atom is 0.339 e. The van der Waals surface area contributed by atoms with Gasteiger partial charge in [0.15, 0.2) is 6.61 Å². The number of carbonyl (C=O) groups excluding carboxylic acids is 1. The molecule has 3 nitrogen and oxygen atoms in total. The molecule has 0 heterocycles. The van der Waals surface area contributed by atoms with E-state index in [1.807, 2.05) is 20.8 Å². The SMILES string of the molecule is COc1ccc(C(=O)OCC#CC(C)(C)C)cc1. The molecule has 1 aromatic carbocycles. The lowest BCUT2D eigenvalue weighted by Gasteiger charge is -2.07. The van der Waals surface area contributed by atoms with E-state index in [0.717, 1.165) is 0 Å². The molecule has 0 aromatic heterocycles. The van der Waals surface area contributed by atoms with Crippen LogP contribution in [0.5, 0.6) is 5.75 Å². The van der Waals surface area contributed by atoms with Crippen LogP contribution in [0.25, 0.3) is 0 Å². The highest BCUT2D eigenvalue weighted by molar-refractivity contribution is 5.89. The van der Waals surface area contributed by atoms with Crippen LogP contribution in [-0.4, -0.2) is 19.7 Å². The van der Waals surface area contributed by atoms with Crippen molar-refractivity contribution in [1.82, 2.24) is 0 Å². The maximum atomic E-state index is 11.6. The summed E-state index contributed by atoms with van der Waals surface area (Å²) in [7, 11) is 1.58. The largest absolute Gasteiger partial charge is 0.497 e. The van der Waals surface area contributed by atoms with Gasteiger partial charge in [-0.3, -0.25) is 0 Å². The van der Waals surface area contributed by atoms with Crippen molar-refractivity contribution < 1.29 is 14.3 Å². The van der Waals surface area contributed by atoms with E-state index in [2.05, 4.69) is 11.8 Å². The molecule has 0 unspecified atom stereocenters. The fraction of sp³-hybridized carbons (Fsp3) is 0.400. The van der Waals surface area contributed by atoms with Crippen LogP contribution in [0.4, 0.5) is 0 Å². The molecule has 0 spiro atoms. The van der Waals surface area contributed by atoms with Crippen LogP contribution in [0.2, 0.25) is 0 Å². The van der Waals surface area contributed by atoms with Crippen LogP contribution in [0.3, 0.4) is 0 Å². The summed E-state index contributed by atoms with van der Waals surface area (Å²) in [5.41, 5.74) is 0.417. The minimum Gasteiger partial charge on any atom is -0.497 e. The summed E-state index contributed by atoms with van der Waals surface area (Å²) >= 11 is 0. The molecule has 0 aliphatic carbocycles. The van der Waals surface area contributed by atoms with Crippen molar-refractivity contribution in [2.24, 2.45) is 5.41 Å². The quantitative estimate of drug-likeness (QED) is 0.607. The molecule has 1 aromatic rings. The number of esters is 1. The van der Waals surface area contributed by atoms with Gasteiger partial charge < -0.3 is 9.47 Å². The van der Waals surface area contributed by atoms with Gasteiger partial charge >= 0.3 is 5.97 Å². The molecule has 0 saturated carbocycles. The second kappa shape index (κ2) is 6.11. The molecule has 18 heavy (non-hydrogen) atoms. The number of hydrogen-bond donors (Lipinski definition) is 0. The van der Waals surface area contributed by atoms with Gasteiger partial charge in [0.05, 0.1) is 12.7 Å². The summed E-state index contributed by atoms with van der Waals surface area (Å²) in [6.07, 6.45) is 0. The van der Waals surface area contributed by atoms with Crippen molar-refractivity contribution in [2.75, 3.05) is 13.7 Å². The third-order valence-electron chi connectivity index (χ3n) is 2.06. The fourth-order valence-electron chi connectivity index (χ4n) is 1.21. The summed E-state index contributed by atoms with van der Waals surface area (Å²) in [5.74, 6) is 6.16. The van der Waals surface area contributed by atoms with Gasteiger partial charge in [-0.25, -0.2) is 4.79 Å². The molecule has 0 N–H and O–H groups in total. The molecule has 3 heteroatoms. The normalized spacial score (nSPS) is 10.2. The van der Waals surface area contributed by atoms with E-state index in [0.29, 0.717) is 11.3 Å². The summed E-state index contributed by atoms with van der Waals surface area (Å²) < 4.78 is 10.1. The van der Waals surface area contributed by atoms with Crippen LogP contribution in [-0.2, 0) is 4.74 Å². The lowest BCUT2D eigenvalue weighted by molar-refractivity contribution is 0.0556. The van der Waals surface area contributed by atoms with E-state index >= 15 is 0 Å². The Kier molecular flexibility index (Phi) is 4.79. The zero-order chi connectivity index (χ0) is 13.6. The van der Waals surface area contributed by atoms with Crippen molar-refractivity contribution in [3.63, 3.8) is 0 Å². The smallest absolute Gasteiger partial charge is 0.339 e. The second-order valence-electron chi connectivity index (χ2n) is 4.86. The van der Waals surface area contributed by atoms with E-state index in [9.17, 15) is 4.79 Å². The first-order valence-electron chi connectivity index (χ1n) is 5.73. The van der Waals surface area contributed by atoms with Crippen LogP contribution in [0.15, 0.2) is 24.3 Å². The van der Waals surface area contributed by atoms with Gasteiger partial charge in [-0.15, -0.1) is 0 Å². The van der Waals surface area contributed by atoms with Gasteiger partial charge in [0, 0.05) is 5.41 Å². The first-order valence-corrected chi connectivity index (χ1v) is 5.73. The highest BCUT2D eigenvalue weighted by atomic mass is 16.5. The Morgan fingerprint density at radius 3 is 2.33 bits per heavy atom. The third-order valence-corrected chi connectivity index (χ3v) is 2.06. The molecule has 0 amide bonds. The molecule has 0 atom stereocenters. The highest BCUT2D eigenvalue weighted by Gasteiger charge is 2.06. The molecular weight excluding hydrogens is 228 g/mol. The van der Waals surface area contributed by atoms with Crippen LogP contribution >= 0.6 is 0 Å². The van der Waals surface area contributed by atoms with Gasteiger partial charge in [0.25, 0.3) is 0 Å². The summed E-state index contributed by atoms with van der Waals surface area (Å²) in [6, 6.07) is 6.77. The molecule has 96 valence electrons. The number of rotatable bonds is 3. The van der Waals surface area contributed by atoms with Gasteiger partial charge in [-0.1, -0.05) is 11.8 Å². The maximum absolute atomic E-state index is 11.6. The van der Waals surface area contributed by atoms with Gasteiger partial charge in [0.2, 0.25) is 0 Å². The summed E-state index contributed by atoms with van der Waals surface area (Å²) in [4.78, 5) is 11.6. The number of ether oxygens (including phenoxy) is 2. The zero-order valence-corrected chi connectivity index (χ0v) is 11.2. The Hall–Kier alpha value is -1.95. The van der Waals surface area contributed by atoms with Crippen LogP contribution in [0.1, 0.15) is 31.1 Å². The topological polar surface area (TPSA) is 35.5 Å². The molecule has 0 aliphatic heterocycles. The van der Waals surface area contributed by atoms with Gasteiger partial charge in [0.1, 0.15) is 5.75 Å². The third kappa shape index (κ3) is 4.92. The minimum atomic E-state index is -0.374. The van der Waals surface area contributed by atoms with Crippen molar-refractivity contribution >= 4 is 5.97 Å². The lowest BCUT2D eigenvalue weighted by Crippen LogP contribution is -2.06. The van der Waals surface area contributed by atoms with Gasteiger partial charge in [-0.05, 0) is 45.0 Å². The van der Waals surface area contributed by atoms with E-state index in [-0.39, 0.29) is 18.0 Å². The number of carbonyl (C=O) groups is 1. The second-order valence-corrected chi connectivity index (χ2v) is 4.86. The van der Waals surface area contributed by atoms with Crippen molar-refractivity contribution in [3.8, 4) is 17.6 Å². The number of hydrogen-bond acceptors (Lipinski definition) is 3. The molecule has 0 radical (unpaired) electrons. The Morgan fingerprint density at radius 2 is 1.83 bits per heavy atom. The molecule has 0 aliphatic rings. The standard InChI is InChI=1S/C15H18O3/c1-15(2,3)10-5-11-18-14(16)12-6-8-13(17-4)9-7-12/h6-9H,11H2,1-4H3. The van der Waals surface area contributed by atoms with Crippen molar-refractivity contribution in [2.45, 2.75) is 20.8 Å². The number of methoxy groups -OCH3 is 1. The fourth-order valence-corrected chi connectivity index (χ4v) is 1.21. The van der Waals surface area contributed by atoms with Crippen molar-refractivity contribution in [3.05, 3.63) is 29.8 Å². The van der Waals surface area contributed by atoms with E-state index in [1.54, 1.807) is 31.4 Å². The van der Waals surface area contributed by atoms with Crippen LogP contribution < -0.4 is 4.74 Å². The lowest BCUT2D eigenvalue weighted by atomic mass is 9.98. The number of benzene rings is 1. The predicted octanol–water partition coefficient (Wildman–Crippen LogP) is 2.90. The molecule has 1 rings (SSSR count). The Morgan fingerprint density at radius 1 is 1.22 bits per heavy atom. The first kappa shape index (κ1) is 14.1. The average molecular weight is 246 g/mol. The zero-order valence-electron chi connectivity index (χ0n) is 11.2. The molecule has 0 saturated heterocycles. The predicted molar refractivity (Wildman–Crippen MR) is 70.5 cm³/mol. The first-order chi connectivity index (χ1) is 8.42. The molecule has 0 fully saturated rings. The monoisotopic (exact) mass is 246 g/mol. The Labute approximate surface area is 108 Å². The highest BCUT2D eigenvalue weighted by Crippen LogP contribution is 2.12. The van der Waals surface area contributed by atoms with E-state index < -0.39 is 0 Å². The molecular formula is C15H18O3. The van der Waals surface area contributed by atoms with Crippen molar-refractivity contribution in [1.29, 1.82) is 0 Å².